The van der Waals surface area contributed by atoms with Crippen molar-refractivity contribution in [3.05, 3.63) is 95.6 Å². The number of fused-ring (bicyclic) bond motifs is 1. The van der Waals surface area contributed by atoms with Gasteiger partial charge >= 0.3 is 0 Å². The predicted molar refractivity (Wildman–Crippen MR) is 93.5 cm³/mol. The van der Waals surface area contributed by atoms with Crippen LogP contribution in [0.1, 0.15) is 22.9 Å². The fraction of sp³-hybridized carbons (Fsp3) is 0.100. The van der Waals surface area contributed by atoms with Gasteiger partial charge < -0.3 is 5.11 Å². The van der Waals surface area contributed by atoms with Gasteiger partial charge in [-0.3, -0.25) is 0 Å². The Morgan fingerprint density at radius 2 is 1.72 bits per heavy atom. The first-order valence-corrected chi connectivity index (χ1v) is 8.01. The number of hydrogen-bond donors (Lipinski definition) is 1. The number of benzene rings is 3. The minimum absolute atomic E-state index is 0.337. The molecule has 4 rings (SSSR count). The summed E-state index contributed by atoms with van der Waals surface area (Å²) in [5.74, 6) is -0.337. The molecule has 3 aromatic carbocycles. The van der Waals surface area contributed by atoms with Crippen molar-refractivity contribution in [2.75, 3.05) is 0 Å². The molecule has 0 aliphatic rings. The topological polar surface area (TPSA) is 50.9 Å². The Hall–Kier alpha value is -3.05. The molecule has 124 valence electrons. The van der Waals surface area contributed by atoms with E-state index >= 15 is 0 Å². The fourth-order valence-electron chi connectivity index (χ4n) is 2.94. The molecule has 1 atom stereocenters. The number of hydrogen-bond acceptors (Lipinski definition) is 3. The Morgan fingerprint density at radius 3 is 2.56 bits per heavy atom. The largest absolute Gasteiger partial charge is 0.382 e. The maximum Gasteiger partial charge on any atom is 0.124 e. The Kier molecular flexibility index (Phi) is 3.99. The second-order valence-electron chi connectivity index (χ2n) is 5.93. The third-order valence-corrected chi connectivity index (χ3v) is 4.23. The molecule has 0 saturated heterocycles. The van der Waals surface area contributed by atoms with Crippen LogP contribution < -0.4 is 0 Å². The number of aliphatic hydroxyl groups excluding tert-OH is 1. The van der Waals surface area contributed by atoms with E-state index in [1.54, 1.807) is 23.0 Å². The zero-order chi connectivity index (χ0) is 17.2. The van der Waals surface area contributed by atoms with E-state index in [4.69, 9.17) is 0 Å². The van der Waals surface area contributed by atoms with Crippen LogP contribution in [0.5, 0.6) is 0 Å². The highest BCUT2D eigenvalue weighted by Gasteiger charge is 2.15. The van der Waals surface area contributed by atoms with Crippen molar-refractivity contribution in [1.29, 1.82) is 0 Å². The molecule has 4 nitrogen and oxygen atoms in total. The summed E-state index contributed by atoms with van der Waals surface area (Å²) in [7, 11) is 0. The molecule has 0 amide bonds. The number of halogens is 1. The number of aliphatic hydroxyl groups is 1. The highest BCUT2D eigenvalue weighted by Crippen LogP contribution is 2.22. The van der Waals surface area contributed by atoms with Gasteiger partial charge in [0.15, 0.2) is 0 Å². The molecule has 0 saturated carbocycles. The number of rotatable bonds is 4. The van der Waals surface area contributed by atoms with Crippen molar-refractivity contribution in [2.45, 2.75) is 12.6 Å². The van der Waals surface area contributed by atoms with E-state index in [0.717, 1.165) is 5.56 Å². The van der Waals surface area contributed by atoms with Gasteiger partial charge in [-0.05, 0) is 34.0 Å². The van der Waals surface area contributed by atoms with E-state index in [9.17, 15) is 9.50 Å². The summed E-state index contributed by atoms with van der Waals surface area (Å²) in [6.45, 7) is 0.560. The van der Waals surface area contributed by atoms with Crippen LogP contribution in [-0.4, -0.2) is 20.1 Å². The molecule has 1 heterocycles. The number of nitrogens with zero attached hydrogens (tertiary/aromatic N) is 3. The summed E-state index contributed by atoms with van der Waals surface area (Å²) in [6.07, 6.45) is 0.789. The maximum atomic E-state index is 13.0. The molecule has 0 fully saturated rings. The van der Waals surface area contributed by atoms with Gasteiger partial charge in [-0.1, -0.05) is 59.8 Å². The van der Waals surface area contributed by atoms with Crippen molar-refractivity contribution >= 4 is 10.8 Å². The average Bonchev–Trinajstić information content (AvgIpc) is 3.11. The minimum atomic E-state index is -0.929. The highest BCUT2D eigenvalue weighted by atomic mass is 19.1. The lowest BCUT2D eigenvalue weighted by Crippen LogP contribution is -2.01. The molecular weight excluding hydrogens is 317 g/mol. The van der Waals surface area contributed by atoms with Gasteiger partial charge in [0.1, 0.15) is 17.6 Å². The van der Waals surface area contributed by atoms with Crippen molar-refractivity contribution in [3.63, 3.8) is 0 Å². The summed E-state index contributed by atoms with van der Waals surface area (Å²) in [5, 5.41) is 20.9. The molecule has 25 heavy (non-hydrogen) atoms. The molecule has 0 bridgehead atoms. The summed E-state index contributed by atoms with van der Waals surface area (Å²) in [6, 6.07) is 20.0. The van der Waals surface area contributed by atoms with E-state index in [0.29, 0.717) is 17.8 Å². The highest BCUT2D eigenvalue weighted by molar-refractivity contribution is 5.85. The lowest BCUT2D eigenvalue weighted by Gasteiger charge is -2.07. The fourth-order valence-corrected chi connectivity index (χ4v) is 2.94. The summed E-state index contributed by atoms with van der Waals surface area (Å²) in [4.78, 5) is 0. The lowest BCUT2D eigenvalue weighted by atomic mass is 10.0. The van der Waals surface area contributed by atoms with Crippen molar-refractivity contribution in [3.8, 4) is 0 Å². The molecular formula is C20H16FN3O. The van der Waals surface area contributed by atoms with E-state index < -0.39 is 6.10 Å². The second-order valence-corrected chi connectivity index (χ2v) is 5.93. The molecule has 1 unspecified atom stereocenters. The van der Waals surface area contributed by atoms with Gasteiger partial charge in [0.05, 0.1) is 12.7 Å². The smallest absolute Gasteiger partial charge is 0.124 e. The van der Waals surface area contributed by atoms with E-state index in [1.165, 1.54) is 22.9 Å². The van der Waals surface area contributed by atoms with Crippen LogP contribution in [0.25, 0.3) is 10.8 Å². The summed E-state index contributed by atoms with van der Waals surface area (Å²) < 4.78 is 14.7. The first kappa shape index (κ1) is 15.5. The zero-order valence-corrected chi connectivity index (χ0v) is 13.4. The van der Waals surface area contributed by atoms with Gasteiger partial charge in [-0.15, -0.1) is 5.10 Å². The first-order chi connectivity index (χ1) is 12.2. The van der Waals surface area contributed by atoms with Gasteiger partial charge in [-0.2, -0.15) is 0 Å². The quantitative estimate of drug-likeness (QED) is 0.619. The van der Waals surface area contributed by atoms with Gasteiger partial charge in [0.25, 0.3) is 0 Å². The van der Waals surface area contributed by atoms with E-state index in [-0.39, 0.29) is 5.82 Å². The van der Waals surface area contributed by atoms with Crippen LogP contribution >= 0.6 is 0 Å². The normalized spacial score (nSPS) is 12.4. The average molecular weight is 333 g/mol. The van der Waals surface area contributed by atoms with Crippen LogP contribution in [0.3, 0.4) is 0 Å². The van der Waals surface area contributed by atoms with E-state index in [2.05, 4.69) is 34.6 Å². The third kappa shape index (κ3) is 3.14. The van der Waals surface area contributed by atoms with Crippen LogP contribution in [0.2, 0.25) is 0 Å². The van der Waals surface area contributed by atoms with Crippen molar-refractivity contribution in [2.24, 2.45) is 0 Å². The van der Waals surface area contributed by atoms with Crippen molar-refractivity contribution < 1.29 is 9.50 Å². The minimum Gasteiger partial charge on any atom is -0.382 e. The summed E-state index contributed by atoms with van der Waals surface area (Å²) in [5.41, 5.74) is 2.15. The third-order valence-electron chi connectivity index (χ3n) is 4.23. The number of aromatic nitrogens is 3. The van der Waals surface area contributed by atoms with Crippen LogP contribution in [0.4, 0.5) is 4.39 Å². The molecule has 1 N–H and O–H groups in total. The zero-order valence-electron chi connectivity index (χ0n) is 13.4. The molecule has 0 aliphatic heterocycles. The van der Waals surface area contributed by atoms with Gasteiger partial charge in [0.2, 0.25) is 0 Å². The second kappa shape index (κ2) is 6.45. The lowest BCUT2D eigenvalue weighted by molar-refractivity contribution is 0.215. The molecule has 0 radical (unpaired) electrons. The predicted octanol–water partition coefficient (Wildman–Crippen LogP) is 3.70. The van der Waals surface area contributed by atoms with Crippen LogP contribution in [0.15, 0.2) is 72.9 Å². The molecule has 1 aromatic heterocycles. The summed E-state index contributed by atoms with van der Waals surface area (Å²) >= 11 is 0. The Labute approximate surface area is 144 Å². The van der Waals surface area contributed by atoms with Crippen molar-refractivity contribution in [1.82, 2.24) is 15.0 Å². The maximum absolute atomic E-state index is 13.0. The first-order valence-electron chi connectivity index (χ1n) is 8.01. The van der Waals surface area contributed by atoms with Gasteiger partial charge in [-0.25, -0.2) is 9.07 Å². The Bertz CT molecular complexity index is 1010. The Morgan fingerprint density at radius 1 is 0.960 bits per heavy atom. The molecule has 4 aromatic rings. The standard InChI is InChI=1S/C20H16FN3O/c21-17-10-8-15(9-11-17)20(25)19-13-24(23-22-19)12-16-6-3-5-14-4-1-2-7-18(14)16/h1-11,13,20,25H,12H2. The monoisotopic (exact) mass is 333 g/mol. The molecule has 0 aliphatic carbocycles. The SMILES string of the molecule is OC(c1ccc(F)cc1)c1cn(Cc2cccc3ccccc23)nn1. The van der Waals surface area contributed by atoms with Gasteiger partial charge in [0, 0.05) is 0 Å². The van der Waals surface area contributed by atoms with E-state index in [1.807, 2.05) is 18.2 Å². The molecule has 0 spiro atoms. The Balaban J connectivity index is 1.60. The van der Waals surface area contributed by atoms with Crippen LogP contribution in [0, 0.1) is 5.82 Å². The molecule has 5 heteroatoms. The van der Waals surface area contributed by atoms with Crippen LogP contribution in [-0.2, 0) is 6.54 Å².